The monoisotopic (exact) mass is 502 g/mol. The number of hydrazine groups is 1. The SMILES string of the molecule is Cc1ccc(C(=O)NN2C(=O)/C(=C/c3cn(-c4ccccc4)nc3-c3cccs3)SC2=S)cc1. The molecule has 0 saturated carbocycles. The van der Waals surface area contributed by atoms with Crippen molar-refractivity contribution in [1.82, 2.24) is 20.2 Å². The quantitative estimate of drug-likeness (QED) is 0.290. The van der Waals surface area contributed by atoms with Crippen molar-refractivity contribution in [3.8, 4) is 16.3 Å². The smallest absolute Gasteiger partial charge is 0.267 e. The number of thiocarbonyl (C=S) groups is 1. The fourth-order valence-electron chi connectivity index (χ4n) is 3.39. The molecule has 1 saturated heterocycles. The van der Waals surface area contributed by atoms with E-state index in [2.05, 4.69) is 5.43 Å². The average molecular weight is 503 g/mol. The average Bonchev–Trinajstić information content (AvgIpc) is 3.57. The second-order valence-electron chi connectivity index (χ2n) is 7.51. The highest BCUT2D eigenvalue weighted by Gasteiger charge is 2.34. The van der Waals surface area contributed by atoms with E-state index in [-0.39, 0.29) is 10.2 Å². The maximum atomic E-state index is 13.1. The van der Waals surface area contributed by atoms with E-state index in [1.807, 2.05) is 73.1 Å². The minimum atomic E-state index is -0.395. The molecular weight excluding hydrogens is 485 g/mol. The Bertz CT molecular complexity index is 1410. The number of nitrogens with one attached hydrogen (secondary N) is 1. The van der Waals surface area contributed by atoms with Gasteiger partial charge < -0.3 is 0 Å². The molecule has 0 unspecified atom stereocenters. The van der Waals surface area contributed by atoms with E-state index in [9.17, 15) is 9.59 Å². The number of para-hydroxylation sites is 1. The Morgan fingerprint density at radius 1 is 1.06 bits per heavy atom. The van der Waals surface area contributed by atoms with E-state index >= 15 is 0 Å². The van der Waals surface area contributed by atoms with Gasteiger partial charge in [-0.1, -0.05) is 53.7 Å². The summed E-state index contributed by atoms with van der Waals surface area (Å²) in [6.45, 7) is 1.94. The molecule has 2 aromatic heterocycles. The Hall–Kier alpha value is -3.53. The summed E-state index contributed by atoms with van der Waals surface area (Å²) >= 11 is 8.11. The maximum Gasteiger partial charge on any atom is 0.285 e. The number of benzene rings is 2. The number of nitrogens with zero attached hydrogens (tertiary/aromatic N) is 3. The fraction of sp³-hybridized carbons (Fsp3) is 0.0400. The van der Waals surface area contributed by atoms with Gasteiger partial charge in [-0.3, -0.25) is 15.0 Å². The first-order valence-electron chi connectivity index (χ1n) is 10.3. The summed E-state index contributed by atoms with van der Waals surface area (Å²) in [5.74, 6) is -0.770. The van der Waals surface area contributed by atoms with Gasteiger partial charge >= 0.3 is 0 Å². The third kappa shape index (κ3) is 4.45. The summed E-state index contributed by atoms with van der Waals surface area (Å²) in [5, 5.41) is 7.88. The van der Waals surface area contributed by atoms with Crippen LogP contribution in [0.5, 0.6) is 0 Å². The van der Waals surface area contributed by atoms with Gasteiger partial charge in [0.25, 0.3) is 11.8 Å². The van der Waals surface area contributed by atoms with Crippen LogP contribution in [0.4, 0.5) is 0 Å². The molecule has 0 radical (unpaired) electrons. The molecule has 3 heterocycles. The molecule has 2 amide bonds. The van der Waals surface area contributed by atoms with Gasteiger partial charge in [0.15, 0.2) is 4.32 Å². The first-order chi connectivity index (χ1) is 16.5. The Morgan fingerprint density at radius 3 is 2.53 bits per heavy atom. The van der Waals surface area contributed by atoms with E-state index in [0.717, 1.165) is 44.2 Å². The van der Waals surface area contributed by atoms with Crippen molar-refractivity contribution in [3.63, 3.8) is 0 Å². The molecule has 34 heavy (non-hydrogen) atoms. The molecule has 2 aromatic carbocycles. The number of carbonyl (C=O) groups is 2. The summed E-state index contributed by atoms with van der Waals surface area (Å²) in [6.07, 6.45) is 3.67. The van der Waals surface area contributed by atoms with Crippen LogP contribution in [0.15, 0.2) is 83.2 Å². The van der Waals surface area contributed by atoms with Crippen LogP contribution in [0.2, 0.25) is 0 Å². The number of amides is 2. The third-order valence-electron chi connectivity index (χ3n) is 5.13. The molecule has 1 fully saturated rings. The van der Waals surface area contributed by atoms with Crippen LogP contribution in [-0.2, 0) is 4.79 Å². The van der Waals surface area contributed by atoms with Crippen LogP contribution in [0, 0.1) is 6.92 Å². The minimum Gasteiger partial charge on any atom is -0.267 e. The number of thiophene rings is 1. The summed E-state index contributed by atoms with van der Waals surface area (Å²) in [5.41, 5.74) is 6.60. The predicted molar refractivity (Wildman–Crippen MR) is 141 cm³/mol. The van der Waals surface area contributed by atoms with Crippen molar-refractivity contribution in [2.24, 2.45) is 0 Å². The lowest BCUT2D eigenvalue weighted by atomic mass is 10.1. The molecule has 6 nitrogen and oxygen atoms in total. The van der Waals surface area contributed by atoms with E-state index in [1.165, 1.54) is 0 Å². The van der Waals surface area contributed by atoms with Crippen molar-refractivity contribution in [2.45, 2.75) is 6.92 Å². The molecule has 0 bridgehead atoms. The zero-order chi connectivity index (χ0) is 23.7. The van der Waals surface area contributed by atoms with Crippen molar-refractivity contribution >= 4 is 57.5 Å². The van der Waals surface area contributed by atoms with Gasteiger partial charge in [-0.15, -0.1) is 11.3 Å². The van der Waals surface area contributed by atoms with Crippen molar-refractivity contribution in [2.75, 3.05) is 0 Å². The van der Waals surface area contributed by atoms with Crippen LogP contribution >= 0.6 is 35.3 Å². The van der Waals surface area contributed by atoms with Gasteiger partial charge in [0.05, 0.1) is 15.5 Å². The molecule has 1 N–H and O–H groups in total. The third-order valence-corrected chi connectivity index (χ3v) is 7.30. The molecule has 1 aliphatic rings. The molecule has 168 valence electrons. The summed E-state index contributed by atoms with van der Waals surface area (Å²) in [7, 11) is 0. The van der Waals surface area contributed by atoms with E-state index in [1.54, 1.807) is 34.2 Å². The van der Waals surface area contributed by atoms with Crippen LogP contribution in [0.1, 0.15) is 21.5 Å². The number of thioether (sulfide) groups is 1. The number of aryl methyl sites for hydroxylation is 1. The van der Waals surface area contributed by atoms with E-state index in [4.69, 9.17) is 17.3 Å². The lowest BCUT2D eigenvalue weighted by Crippen LogP contribution is -2.44. The first-order valence-corrected chi connectivity index (χ1v) is 12.4. The molecule has 4 aromatic rings. The summed E-state index contributed by atoms with van der Waals surface area (Å²) in [4.78, 5) is 27.2. The maximum absolute atomic E-state index is 13.1. The first kappa shape index (κ1) is 22.3. The lowest BCUT2D eigenvalue weighted by Gasteiger charge is -2.15. The van der Waals surface area contributed by atoms with Crippen molar-refractivity contribution in [3.05, 3.63) is 99.9 Å². The predicted octanol–water partition coefficient (Wildman–Crippen LogP) is 5.46. The molecule has 9 heteroatoms. The molecule has 1 aliphatic heterocycles. The Labute approximate surface area is 209 Å². The Kier molecular flexibility index (Phi) is 6.14. The van der Waals surface area contributed by atoms with Crippen LogP contribution in [-0.4, -0.2) is 30.9 Å². The molecule has 5 rings (SSSR count). The molecule has 0 aliphatic carbocycles. The van der Waals surface area contributed by atoms with Crippen molar-refractivity contribution < 1.29 is 9.59 Å². The van der Waals surface area contributed by atoms with Crippen molar-refractivity contribution in [1.29, 1.82) is 0 Å². The zero-order valence-corrected chi connectivity index (χ0v) is 20.4. The van der Waals surface area contributed by atoms with Crippen LogP contribution < -0.4 is 5.43 Å². The van der Waals surface area contributed by atoms with E-state index < -0.39 is 5.91 Å². The largest absolute Gasteiger partial charge is 0.285 e. The van der Waals surface area contributed by atoms with Gasteiger partial charge in [-0.25, -0.2) is 4.68 Å². The second kappa shape index (κ2) is 9.38. The minimum absolute atomic E-state index is 0.268. The number of hydrogen-bond acceptors (Lipinski definition) is 6. The highest BCUT2D eigenvalue weighted by Crippen LogP contribution is 2.35. The second-order valence-corrected chi connectivity index (χ2v) is 10.1. The summed E-state index contributed by atoms with van der Waals surface area (Å²) in [6, 6.07) is 20.8. The molecule has 0 spiro atoms. The highest BCUT2D eigenvalue weighted by atomic mass is 32.2. The zero-order valence-electron chi connectivity index (χ0n) is 18.0. The van der Waals surface area contributed by atoms with Gasteiger partial charge in [-0.2, -0.15) is 10.1 Å². The van der Waals surface area contributed by atoms with E-state index in [0.29, 0.717) is 10.5 Å². The lowest BCUT2D eigenvalue weighted by molar-refractivity contribution is -0.123. The number of carbonyl (C=O) groups excluding carboxylic acids is 2. The van der Waals surface area contributed by atoms with Crippen LogP contribution in [0.25, 0.3) is 22.3 Å². The number of hydrogen-bond donors (Lipinski definition) is 1. The van der Waals surface area contributed by atoms with Crippen LogP contribution in [0.3, 0.4) is 0 Å². The van der Waals surface area contributed by atoms with Gasteiger partial charge in [0, 0.05) is 17.3 Å². The normalized spacial score (nSPS) is 14.7. The number of rotatable bonds is 5. The number of aromatic nitrogens is 2. The highest BCUT2D eigenvalue weighted by molar-refractivity contribution is 8.26. The standard InChI is InChI=1S/C25H18N4O2S3/c1-16-9-11-17(12-10-16)23(30)27-29-24(31)21(34-25(29)32)14-18-15-28(19-6-3-2-4-7-19)26-22(18)20-8-5-13-33-20/h2-15H,1H3,(H,27,30)/b21-14-. The summed E-state index contributed by atoms with van der Waals surface area (Å²) < 4.78 is 2.06. The van der Waals surface area contributed by atoms with Gasteiger partial charge in [-0.05, 0) is 60.9 Å². The Balaban J connectivity index is 1.45. The van der Waals surface area contributed by atoms with Gasteiger partial charge in [0.2, 0.25) is 0 Å². The molecular formula is C25H18N4O2S3. The molecule has 0 atom stereocenters. The topological polar surface area (TPSA) is 67.2 Å². The van der Waals surface area contributed by atoms with Gasteiger partial charge in [0.1, 0.15) is 5.69 Å². The fourth-order valence-corrected chi connectivity index (χ4v) is 5.29. The Morgan fingerprint density at radius 2 is 1.82 bits per heavy atom.